The van der Waals surface area contributed by atoms with Crippen LogP contribution in [-0.2, 0) is 32.5 Å². The van der Waals surface area contributed by atoms with E-state index in [1.807, 2.05) is 0 Å². The molecule has 6 nitrogen and oxygen atoms in total. The van der Waals surface area contributed by atoms with E-state index in [2.05, 4.69) is 10.6 Å². The molecule has 156 valence electrons. The van der Waals surface area contributed by atoms with Gasteiger partial charge in [0, 0.05) is 0 Å². The van der Waals surface area contributed by atoms with Gasteiger partial charge in [0.2, 0.25) is 0 Å². The molecule has 2 atom stereocenters. The Kier molecular flexibility index (Phi) is 15.0. The zero-order chi connectivity index (χ0) is 20.4. The van der Waals surface area contributed by atoms with E-state index in [1.54, 1.807) is 0 Å². The standard InChI is InChI=1S/C10H18N2.C2H3F3O2.C2HF3O2.Hg/c1-3-7-11-9(5-1)10-6-2-4-8-12-10;2*3-2(4,5)1(6)7;/h9-10H,1-8H2;1,6-7H;(H,6,7);/q-2;;;+2. The van der Waals surface area contributed by atoms with Crippen LogP contribution in [0.25, 0.3) is 10.6 Å². The fourth-order valence-electron chi connectivity index (χ4n) is 2.26. The normalized spacial score (nSPS) is 23.1. The van der Waals surface area contributed by atoms with Crippen LogP contribution >= 0.6 is 0 Å². The Labute approximate surface area is 173 Å². The van der Waals surface area contributed by atoms with Crippen LogP contribution in [0.15, 0.2) is 0 Å². The zero-order valence-electron chi connectivity index (χ0n) is 14.5. The van der Waals surface area contributed by atoms with Crippen LogP contribution in [-0.4, -0.2) is 65.1 Å². The Morgan fingerprint density at radius 2 is 1.15 bits per heavy atom. The third-order valence-corrected chi connectivity index (χ3v) is 3.52. The summed E-state index contributed by atoms with van der Waals surface area (Å²) in [6.07, 6.45) is -5.21. The molecule has 0 radical (unpaired) electrons. The van der Waals surface area contributed by atoms with Gasteiger partial charge < -0.3 is 26.0 Å². The molecule has 2 aliphatic rings. The van der Waals surface area contributed by atoms with Crippen molar-refractivity contribution in [1.29, 1.82) is 0 Å². The van der Waals surface area contributed by atoms with Crippen LogP contribution in [0.4, 0.5) is 26.3 Å². The van der Waals surface area contributed by atoms with Crippen molar-refractivity contribution < 1.29 is 74.1 Å². The average Bonchev–Trinajstić information content (AvgIpc) is 2.56. The average molecular weight is 597 g/mol. The summed E-state index contributed by atoms with van der Waals surface area (Å²) in [5, 5.41) is 31.1. The van der Waals surface area contributed by atoms with Crippen LogP contribution in [0, 0.1) is 0 Å². The molecule has 0 aromatic rings. The monoisotopic (exact) mass is 598 g/mol. The van der Waals surface area contributed by atoms with Gasteiger partial charge in [-0.3, -0.25) is 0 Å². The van der Waals surface area contributed by atoms with E-state index in [9.17, 15) is 26.3 Å². The number of aliphatic hydroxyl groups is 2. The first kappa shape index (κ1) is 29.0. The second-order valence-corrected chi connectivity index (χ2v) is 5.66. The summed E-state index contributed by atoms with van der Waals surface area (Å²) in [4.78, 5) is 8.90. The second-order valence-electron chi connectivity index (χ2n) is 5.66. The Bertz CT molecular complexity index is 382. The molecule has 0 amide bonds. The Balaban J connectivity index is 0. The van der Waals surface area contributed by atoms with Crippen molar-refractivity contribution in [3.63, 3.8) is 0 Å². The Morgan fingerprint density at radius 1 is 0.852 bits per heavy atom. The number of halogens is 6. The number of piperidine rings is 2. The largest absolute Gasteiger partial charge is 2.00 e. The van der Waals surface area contributed by atoms with Gasteiger partial charge >= 0.3 is 46.0 Å². The van der Waals surface area contributed by atoms with Gasteiger partial charge in [0.25, 0.3) is 6.29 Å². The molecule has 2 unspecified atom stereocenters. The number of carbonyl (C=O) groups is 1. The minimum atomic E-state index is -5.08. The first-order chi connectivity index (χ1) is 11.9. The third kappa shape index (κ3) is 14.5. The number of carboxylic acid groups (broad SMARTS) is 1. The van der Waals surface area contributed by atoms with Gasteiger partial charge in [-0.2, -0.15) is 38.4 Å². The van der Waals surface area contributed by atoms with E-state index in [4.69, 9.17) is 20.1 Å². The molecule has 2 heterocycles. The van der Waals surface area contributed by atoms with Gasteiger partial charge in [0.15, 0.2) is 0 Å². The van der Waals surface area contributed by atoms with Crippen molar-refractivity contribution >= 4 is 5.97 Å². The van der Waals surface area contributed by atoms with Crippen molar-refractivity contribution in [2.45, 2.75) is 69.3 Å². The van der Waals surface area contributed by atoms with Crippen LogP contribution in [0.5, 0.6) is 0 Å². The number of nitrogens with zero attached hydrogens (tertiary/aromatic N) is 2. The molecule has 3 N–H and O–H groups in total. The van der Waals surface area contributed by atoms with Gasteiger partial charge in [0.05, 0.1) is 0 Å². The van der Waals surface area contributed by atoms with E-state index >= 15 is 0 Å². The van der Waals surface area contributed by atoms with Crippen LogP contribution in [0.3, 0.4) is 0 Å². The van der Waals surface area contributed by atoms with Crippen LogP contribution < -0.4 is 0 Å². The van der Waals surface area contributed by atoms with Crippen LogP contribution in [0.1, 0.15) is 38.5 Å². The molecule has 2 saturated heterocycles. The summed E-state index contributed by atoms with van der Waals surface area (Å²) < 4.78 is 63.8. The SMILES string of the molecule is C1CCC(C2CCCC[N-]2)[N-]C1.O=C(O)C(F)(F)F.OC(O)C(F)(F)F.[Hg+2]. The smallest absolute Gasteiger partial charge is 0.661 e. The van der Waals surface area contributed by atoms with Crippen molar-refractivity contribution in [2.24, 2.45) is 0 Å². The maximum atomic E-state index is 10.7. The van der Waals surface area contributed by atoms with Gasteiger partial charge in [0.1, 0.15) is 0 Å². The van der Waals surface area contributed by atoms with Crippen molar-refractivity contribution in [3.8, 4) is 0 Å². The zero-order valence-corrected chi connectivity index (χ0v) is 20.0. The van der Waals surface area contributed by atoms with E-state index in [0.29, 0.717) is 12.1 Å². The number of alkyl halides is 6. The van der Waals surface area contributed by atoms with Gasteiger partial charge in [-0.05, 0) is 0 Å². The molecule has 0 aromatic carbocycles. The predicted molar refractivity (Wildman–Crippen MR) is 79.7 cm³/mol. The number of hydrogen-bond acceptors (Lipinski definition) is 3. The molecule has 2 aliphatic heterocycles. The van der Waals surface area contributed by atoms with Crippen molar-refractivity contribution in [2.75, 3.05) is 13.1 Å². The van der Waals surface area contributed by atoms with Crippen molar-refractivity contribution in [1.82, 2.24) is 0 Å². The molecular weight excluding hydrogens is 575 g/mol. The number of rotatable bonds is 1. The third-order valence-electron chi connectivity index (χ3n) is 3.52. The maximum Gasteiger partial charge on any atom is 2.00 e. The summed E-state index contributed by atoms with van der Waals surface area (Å²) in [5.41, 5.74) is 0. The number of hydrogen-bond donors (Lipinski definition) is 3. The molecule has 2 fully saturated rings. The molecule has 0 saturated carbocycles. The molecular formula is C14H22F6HgN2O4. The number of aliphatic hydroxyl groups excluding tert-OH is 1. The topological polar surface area (TPSA) is 106 Å². The Morgan fingerprint density at radius 3 is 1.30 bits per heavy atom. The fraction of sp³-hybridized carbons (Fsp3) is 0.929. The van der Waals surface area contributed by atoms with Crippen molar-refractivity contribution in [3.05, 3.63) is 10.6 Å². The van der Waals surface area contributed by atoms with Gasteiger partial charge in [-0.25, -0.2) is 4.79 Å². The second kappa shape index (κ2) is 13.9. The van der Waals surface area contributed by atoms with E-state index in [-0.39, 0.29) is 27.7 Å². The predicted octanol–water partition coefficient (Wildman–Crippen LogP) is 3.33. The van der Waals surface area contributed by atoms with Gasteiger partial charge in [-0.15, -0.1) is 13.1 Å². The van der Waals surface area contributed by atoms with E-state index in [0.717, 1.165) is 13.1 Å². The first-order valence-electron chi connectivity index (χ1n) is 7.92. The summed E-state index contributed by atoms with van der Waals surface area (Å²) in [6, 6.07) is 1.19. The van der Waals surface area contributed by atoms with E-state index in [1.165, 1.54) is 38.5 Å². The summed E-state index contributed by atoms with van der Waals surface area (Å²) in [7, 11) is 0. The van der Waals surface area contributed by atoms with E-state index < -0.39 is 24.6 Å². The minimum absolute atomic E-state index is 0. The summed E-state index contributed by atoms with van der Waals surface area (Å²) in [5.74, 6) is -2.76. The molecule has 27 heavy (non-hydrogen) atoms. The summed E-state index contributed by atoms with van der Waals surface area (Å²) in [6.45, 7) is 2.19. The fourth-order valence-corrected chi connectivity index (χ4v) is 2.26. The molecule has 0 bridgehead atoms. The molecule has 2 rings (SSSR count). The minimum Gasteiger partial charge on any atom is -0.661 e. The van der Waals surface area contributed by atoms with Crippen LogP contribution in [0.2, 0.25) is 0 Å². The van der Waals surface area contributed by atoms with Gasteiger partial charge in [-0.1, -0.05) is 38.5 Å². The number of aliphatic carboxylic acids is 1. The number of carboxylic acids is 1. The maximum absolute atomic E-state index is 10.7. The molecule has 0 aliphatic carbocycles. The summed E-state index contributed by atoms with van der Waals surface area (Å²) >= 11 is 0. The molecule has 0 aromatic heterocycles. The molecule has 0 spiro atoms. The first-order valence-corrected chi connectivity index (χ1v) is 7.92. The molecule has 13 heteroatoms. The Hall–Kier alpha value is -0.175. The quantitative estimate of drug-likeness (QED) is 0.245.